The minimum absolute atomic E-state index is 0.121. The van der Waals surface area contributed by atoms with Crippen molar-refractivity contribution in [2.75, 3.05) is 32.5 Å². The molecular weight excluding hydrogens is 354 g/mol. The lowest BCUT2D eigenvalue weighted by molar-refractivity contribution is -0.135. The highest BCUT2D eigenvalue weighted by atomic mass is 35.5. The molecule has 3 amide bonds. The Kier molecular flexibility index (Phi) is 5.51. The van der Waals surface area contributed by atoms with Crippen molar-refractivity contribution in [3.05, 3.63) is 28.8 Å². The number of nitrogens with one attached hydrogen (secondary N) is 1. The van der Waals surface area contributed by atoms with Gasteiger partial charge in [-0.25, -0.2) is 0 Å². The summed E-state index contributed by atoms with van der Waals surface area (Å²) in [4.78, 5) is 40.3. The van der Waals surface area contributed by atoms with Crippen molar-refractivity contribution in [2.24, 2.45) is 11.8 Å². The molecule has 1 N–H and O–H groups in total. The first-order valence-electron chi connectivity index (χ1n) is 8.97. The lowest BCUT2D eigenvalue weighted by atomic mass is 9.96. The Morgan fingerprint density at radius 3 is 2.54 bits per heavy atom. The summed E-state index contributed by atoms with van der Waals surface area (Å²) in [5.41, 5.74) is 0.888. The lowest BCUT2D eigenvalue weighted by Crippen LogP contribution is -2.44. The molecule has 1 saturated carbocycles. The second-order valence-electron chi connectivity index (χ2n) is 7.28. The summed E-state index contributed by atoms with van der Waals surface area (Å²) in [5, 5.41) is 3.22. The van der Waals surface area contributed by atoms with Crippen LogP contribution in [-0.4, -0.2) is 54.7 Å². The topological polar surface area (TPSA) is 69.7 Å². The van der Waals surface area contributed by atoms with Gasteiger partial charge in [-0.15, -0.1) is 0 Å². The molecule has 0 radical (unpaired) electrons. The molecule has 0 aromatic heterocycles. The fourth-order valence-corrected chi connectivity index (χ4v) is 3.43. The number of amides is 3. The molecular formula is C19H24ClN3O3. The summed E-state index contributed by atoms with van der Waals surface area (Å²) in [6.45, 7) is 1.21. The number of anilines is 1. The molecule has 3 rings (SSSR count). The van der Waals surface area contributed by atoms with Crippen molar-refractivity contribution in [1.82, 2.24) is 9.80 Å². The lowest BCUT2D eigenvalue weighted by Gasteiger charge is -2.32. The van der Waals surface area contributed by atoms with Crippen LogP contribution in [0.5, 0.6) is 0 Å². The molecule has 1 saturated heterocycles. The molecule has 7 heteroatoms. The number of piperidine rings is 1. The Hall–Kier alpha value is -2.08. The third-order valence-corrected chi connectivity index (χ3v) is 5.23. The van der Waals surface area contributed by atoms with Gasteiger partial charge in [-0.3, -0.25) is 14.4 Å². The molecule has 1 unspecified atom stereocenters. The quantitative estimate of drug-likeness (QED) is 0.876. The van der Waals surface area contributed by atoms with E-state index in [4.69, 9.17) is 11.6 Å². The molecule has 1 aliphatic carbocycles. The molecule has 140 valence electrons. The van der Waals surface area contributed by atoms with Crippen LogP contribution in [0.3, 0.4) is 0 Å². The van der Waals surface area contributed by atoms with E-state index in [0.717, 1.165) is 32.2 Å². The van der Waals surface area contributed by atoms with Crippen LogP contribution in [0.25, 0.3) is 0 Å². The van der Waals surface area contributed by atoms with Crippen LogP contribution in [-0.2, 0) is 9.59 Å². The summed E-state index contributed by atoms with van der Waals surface area (Å²) < 4.78 is 0. The molecule has 1 aromatic rings. The average Bonchev–Trinajstić information content (AvgIpc) is 3.47. The Bertz CT molecular complexity index is 731. The normalized spacial score (nSPS) is 19.8. The Labute approximate surface area is 158 Å². The van der Waals surface area contributed by atoms with E-state index in [-0.39, 0.29) is 29.6 Å². The van der Waals surface area contributed by atoms with Crippen molar-refractivity contribution in [3.63, 3.8) is 0 Å². The smallest absolute Gasteiger partial charge is 0.254 e. The zero-order valence-electron chi connectivity index (χ0n) is 15.1. The third kappa shape index (κ3) is 4.18. The zero-order chi connectivity index (χ0) is 18.8. The zero-order valence-corrected chi connectivity index (χ0v) is 15.9. The van der Waals surface area contributed by atoms with E-state index in [1.165, 1.54) is 4.90 Å². The van der Waals surface area contributed by atoms with Gasteiger partial charge in [-0.1, -0.05) is 11.6 Å². The maximum atomic E-state index is 12.6. The van der Waals surface area contributed by atoms with Crippen LogP contribution in [0.2, 0.25) is 5.02 Å². The summed E-state index contributed by atoms with van der Waals surface area (Å²) in [7, 11) is 3.30. The predicted molar refractivity (Wildman–Crippen MR) is 100 cm³/mol. The standard InChI is InChI=1S/C19H24ClN3O3/c1-22(2)19(26)15-10-14(7-8-16(15)20)21-17(24)13-4-3-9-23(11-13)18(25)12-5-6-12/h7-8,10,12-13H,3-6,9,11H2,1-2H3,(H,21,24). The van der Waals surface area contributed by atoms with Gasteiger partial charge in [-0.05, 0) is 43.9 Å². The van der Waals surface area contributed by atoms with E-state index in [1.807, 2.05) is 4.90 Å². The largest absolute Gasteiger partial charge is 0.345 e. The second kappa shape index (κ2) is 7.66. The Morgan fingerprint density at radius 2 is 1.88 bits per heavy atom. The number of benzene rings is 1. The van der Waals surface area contributed by atoms with Gasteiger partial charge in [0.1, 0.15) is 0 Å². The SMILES string of the molecule is CN(C)C(=O)c1cc(NC(=O)C2CCCN(C(=O)C3CC3)C2)ccc1Cl. The highest BCUT2D eigenvalue weighted by molar-refractivity contribution is 6.34. The van der Waals surface area contributed by atoms with Crippen molar-refractivity contribution in [3.8, 4) is 0 Å². The van der Waals surface area contributed by atoms with Crippen molar-refractivity contribution in [2.45, 2.75) is 25.7 Å². The molecule has 2 aliphatic rings. The molecule has 26 heavy (non-hydrogen) atoms. The number of halogens is 1. The molecule has 1 aliphatic heterocycles. The highest BCUT2D eigenvalue weighted by Crippen LogP contribution is 2.32. The van der Waals surface area contributed by atoms with Crippen molar-refractivity contribution < 1.29 is 14.4 Å². The van der Waals surface area contributed by atoms with Crippen LogP contribution in [0.1, 0.15) is 36.0 Å². The fourth-order valence-electron chi connectivity index (χ4n) is 3.23. The first-order valence-corrected chi connectivity index (χ1v) is 9.35. The molecule has 2 fully saturated rings. The number of carbonyl (C=O) groups excluding carboxylic acids is 3. The molecule has 6 nitrogen and oxygen atoms in total. The van der Waals surface area contributed by atoms with Crippen LogP contribution in [0.4, 0.5) is 5.69 Å². The first-order chi connectivity index (χ1) is 12.4. The van der Waals surface area contributed by atoms with Gasteiger partial charge in [0.15, 0.2) is 0 Å². The van der Waals surface area contributed by atoms with Crippen LogP contribution < -0.4 is 5.32 Å². The van der Waals surface area contributed by atoms with Crippen LogP contribution in [0, 0.1) is 11.8 Å². The number of hydrogen-bond donors (Lipinski definition) is 1. The van der Waals surface area contributed by atoms with Gasteiger partial charge in [-0.2, -0.15) is 0 Å². The Balaban J connectivity index is 1.66. The minimum Gasteiger partial charge on any atom is -0.345 e. The van der Waals surface area contributed by atoms with E-state index in [0.29, 0.717) is 22.8 Å². The number of hydrogen-bond acceptors (Lipinski definition) is 3. The number of rotatable bonds is 4. The van der Waals surface area contributed by atoms with Crippen molar-refractivity contribution >= 4 is 35.0 Å². The van der Waals surface area contributed by atoms with E-state index < -0.39 is 0 Å². The number of carbonyl (C=O) groups is 3. The van der Waals surface area contributed by atoms with Crippen molar-refractivity contribution in [1.29, 1.82) is 0 Å². The van der Waals surface area contributed by atoms with Gasteiger partial charge in [0.2, 0.25) is 11.8 Å². The summed E-state index contributed by atoms with van der Waals surface area (Å²) >= 11 is 6.11. The van der Waals surface area contributed by atoms with Crippen LogP contribution in [0.15, 0.2) is 18.2 Å². The summed E-state index contributed by atoms with van der Waals surface area (Å²) in [6.07, 6.45) is 3.54. The van der Waals surface area contributed by atoms with Gasteiger partial charge in [0.25, 0.3) is 5.91 Å². The summed E-state index contributed by atoms with van der Waals surface area (Å²) in [6, 6.07) is 4.89. The molecule has 1 aromatic carbocycles. The van der Waals surface area contributed by atoms with E-state index in [2.05, 4.69) is 5.32 Å². The van der Waals surface area contributed by atoms with E-state index in [9.17, 15) is 14.4 Å². The van der Waals surface area contributed by atoms with E-state index >= 15 is 0 Å². The molecule has 0 spiro atoms. The average molecular weight is 378 g/mol. The Morgan fingerprint density at radius 1 is 1.15 bits per heavy atom. The van der Waals surface area contributed by atoms with Gasteiger partial charge in [0, 0.05) is 38.8 Å². The predicted octanol–water partition coefficient (Wildman–Crippen LogP) is 2.63. The first kappa shape index (κ1) is 18.7. The number of nitrogens with zero attached hydrogens (tertiary/aromatic N) is 2. The maximum absolute atomic E-state index is 12.6. The third-order valence-electron chi connectivity index (χ3n) is 4.90. The maximum Gasteiger partial charge on any atom is 0.254 e. The van der Waals surface area contributed by atoms with E-state index in [1.54, 1.807) is 32.3 Å². The fraction of sp³-hybridized carbons (Fsp3) is 0.526. The minimum atomic E-state index is -0.227. The molecule has 1 heterocycles. The monoisotopic (exact) mass is 377 g/mol. The molecule has 1 atom stereocenters. The highest BCUT2D eigenvalue weighted by Gasteiger charge is 2.36. The van der Waals surface area contributed by atoms with Gasteiger partial charge < -0.3 is 15.1 Å². The molecule has 0 bridgehead atoms. The van der Waals surface area contributed by atoms with Gasteiger partial charge >= 0.3 is 0 Å². The van der Waals surface area contributed by atoms with Crippen LogP contribution >= 0.6 is 11.6 Å². The second-order valence-corrected chi connectivity index (χ2v) is 7.69. The number of likely N-dealkylation sites (tertiary alicyclic amines) is 1. The summed E-state index contributed by atoms with van der Waals surface area (Å²) in [5.74, 6) is -0.204. The van der Waals surface area contributed by atoms with Gasteiger partial charge in [0.05, 0.1) is 16.5 Å².